The van der Waals surface area contributed by atoms with E-state index >= 15 is 0 Å². The topological polar surface area (TPSA) is 78.4 Å². The maximum Gasteiger partial charge on any atom is 0.246 e. The molecule has 0 bridgehead atoms. The van der Waals surface area contributed by atoms with Crippen molar-refractivity contribution in [3.63, 3.8) is 0 Å². The SMILES string of the molecule is Cc1ccc(NC(=O)C2CCC(=O)N2)c(C#CCO)c1. The molecule has 104 valence electrons. The van der Waals surface area contributed by atoms with E-state index in [1.165, 1.54) is 0 Å². The van der Waals surface area contributed by atoms with Crippen molar-refractivity contribution in [3.05, 3.63) is 29.3 Å². The molecule has 0 aliphatic carbocycles. The number of aryl methyl sites for hydroxylation is 1. The number of anilines is 1. The molecule has 1 aliphatic rings. The molecule has 5 heteroatoms. The van der Waals surface area contributed by atoms with Crippen LogP contribution in [0.1, 0.15) is 24.0 Å². The molecule has 1 aromatic rings. The number of hydrogen-bond donors (Lipinski definition) is 3. The summed E-state index contributed by atoms with van der Waals surface area (Å²) >= 11 is 0. The van der Waals surface area contributed by atoms with Gasteiger partial charge < -0.3 is 15.7 Å². The number of aliphatic hydroxyl groups excluding tert-OH is 1. The van der Waals surface area contributed by atoms with Crippen molar-refractivity contribution < 1.29 is 14.7 Å². The summed E-state index contributed by atoms with van der Waals surface area (Å²) in [5.41, 5.74) is 2.25. The van der Waals surface area contributed by atoms with Crippen LogP contribution in [0.3, 0.4) is 0 Å². The number of aliphatic hydroxyl groups is 1. The average molecular weight is 272 g/mol. The first-order chi connectivity index (χ1) is 9.60. The summed E-state index contributed by atoms with van der Waals surface area (Å²) < 4.78 is 0. The highest BCUT2D eigenvalue weighted by Crippen LogP contribution is 2.18. The molecule has 1 unspecified atom stereocenters. The highest BCUT2D eigenvalue weighted by atomic mass is 16.2. The Hall–Kier alpha value is -2.32. The van der Waals surface area contributed by atoms with Crippen molar-refractivity contribution in [3.8, 4) is 11.8 Å². The number of carbonyl (C=O) groups is 2. The molecule has 1 fully saturated rings. The Labute approximate surface area is 117 Å². The van der Waals surface area contributed by atoms with Crippen molar-refractivity contribution in [2.45, 2.75) is 25.8 Å². The Morgan fingerprint density at radius 2 is 2.35 bits per heavy atom. The first-order valence-electron chi connectivity index (χ1n) is 6.41. The van der Waals surface area contributed by atoms with E-state index < -0.39 is 6.04 Å². The Kier molecular flexibility index (Phi) is 4.38. The second-order valence-electron chi connectivity index (χ2n) is 4.66. The van der Waals surface area contributed by atoms with Crippen LogP contribution < -0.4 is 10.6 Å². The lowest BCUT2D eigenvalue weighted by molar-refractivity contribution is -0.122. The number of carbonyl (C=O) groups excluding carboxylic acids is 2. The first kappa shape index (κ1) is 14.1. The predicted octanol–water partition coefficient (Wildman–Crippen LogP) is 0.556. The lowest BCUT2D eigenvalue weighted by Crippen LogP contribution is -2.37. The van der Waals surface area contributed by atoms with E-state index in [0.29, 0.717) is 24.1 Å². The maximum atomic E-state index is 12.0. The van der Waals surface area contributed by atoms with Crippen molar-refractivity contribution in [1.29, 1.82) is 0 Å². The van der Waals surface area contributed by atoms with Gasteiger partial charge in [0.15, 0.2) is 0 Å². The molecule has 1 aromatic carbocycles. The Morgan fingerprint density at radius 3 is 3.00 bits per heavy atom. The third-order valence-corrected chi connectivity index (χ3v) is 3.05. The molecular weight excluding hydrogens is 256 g/mol. The lowest BCUT2D eigenvalue weighted by atomic mass is 10.1. The average Bonchev–Trinajstić information content (AvgIpc) is 2.85. The van der Waals surface area contributed by atoms with Gasteiger partial charge in [0.1, 0.15) is 12.6 Å². The summed E-state index contributed by atoms with van der Waals surface area (Å²) in [4.78, 5) is 23.2. The van der Waals surface area contributed by atoms with Gasteiger partial charge in [-0.15, -0.1) is 0 Å². The number of rotatable bonds is 2. The van der Waals surface area contributed by atoms with Gasteiger partial charge in [0.05, 0.1) is 5.69 Å². The van der Waals surface area contributed by atoms with Gasteiger partial charge in [-0.25, -0.2) is 0 Å². The van der Waals surface area contributed by atoms with Crippen LogP contribution in [-0.4, -0.2) is 29.6 Å². The monoisotopic (exact) mass is 272 g/mol. The van der Waals surface area contributed by atoms with Gasteiger partial charge in [-0.3, -0.25) is 9.59 Å². The molecule has 0 saturated carbocycles. The fourth-order valence-electron chi connectivity index (χ4n) is 2.04. The molecule has 2 rings (SSSR count). The third kappa shape index (κ3) is 3.37. The zero-order chi connectivity index (χ0) is 14.5. The second kappa shape index (κ2) is 6.22. The Bertz CT molecular complexity index is 599. The van der Waals surface area contributed by atoms with Crippen molar-refractivity contribution >= 4 is 17.5 Å². The van der Waals surface area contributed by atoms with Crippen molar-refractivity contribution in [2.75, 3.05) is 11.9 Å². The maximum absolute atomic E-state index is 12.0. The van der Waals surface area contributed by atoms with Gasteiger partial charge in [0.25, 0.3) is 0 Å². The minimum atomic E-state index is -0.484. The van der Waals surface area contributed by atoms with Crippen LogP contribution >= 0.6 is 0 Å². The summed E-state index contributed by atoms with van der Waals surface area (Å²) in [7, 11) is 0. The van der Waals surface area contributed by atoms with Crippen LogP contribution in [0.25, 0.3) is 0 Å². The van der Waals surface area contributed by atoms with Gasteiger partial charge in [0.2, 0.25) is 11.8 Å². The summed E-state index contributed by atoms with van der Waals surface area (Å²) in [5.74, 6) is 5.03. The molecule has 0 spiro atoms. The molecule has 1 aliphatic heterocycles. The van der Waals surface area contributed by atoms with Gasteiger partial charge >= 0.3 is 0 Å². The fourth-order valence-corrected chi connectivity index (χ4v) is 2.04. The van der Waals surface area contributed by atoms with E-state index in [9.17, 15) is 9.59 Å². The van der Waals surface area contributed by atoms with Gasteiger partial charge in [0, 0.05) is 12.0 Å². The second-order valence-corrected chi connectivity index (χ2v) is 4.66. The minimum Gasteiger partial charge on any atom is -0.384 e. The number of amides is 2. The van der Waals surface area contributed by atoms with Gasteiger partial charge in [-0.2, -0.15) is 0 Å². The molecule has 0 radical (unpaired) electrons. The van der Waals surface area contributed by atoms with E-state index in [0.717, 1.165) is 5.56 Å². The highest BCUT2D eigenvalue weighted by molar-refractivity contribution is 5.99. The molecular formula is C15H16N2O3. The summed E-state index contributed by atoms with van der Waals surface area (Å²) in [6.45, 7) is 1.69. The van der Waals surface area contributed by atoms with Crippen LogP contribution in [0.5, 0.6) is 0 Å². The first-order valence-corrected chi connectivity index (χ1v) is 6.41. The summed E-state index contributed by atoms with van der Waals surface area (Å²) in [6, 6.07) is 4.99. The Balaban J connectivity index is 2.16. The van der Waals surface area contributed by atoms with Crippen molar-refractivity contribution in [2.24, 2.45) is 0 Å². The van der Waals surface area contributed by atoms with Crippen LogP contribution in [0.2, 0.25) is 0 Å². The summed E-state index contributed by atoms with van der Waals surface area (Å²) in [5, 5.41) is 14.2. The van der Waals surface area contributed by atoms with E-state index in [1.54, 1.807) is 6.07 Å². The van der Waals surface area contributed by atoms with E-state index in [-0.39, 0.29) is 18.4 Å². The summed E-state index contributed by atoms with van der Waals surface area (Å²) in [6.07, 6.45) is 0.886. The molecule has 1 atom stereocenters. The largest absolute Gasteiger partial charge is 0.384 e. The number of nitrogens with one attached hydrogen (secondary N) is 2. The number of benzene rings is 1. The Morgan fingerprint density at radius 1 is 1.55 bits per heavy atom. The molecule has 2 amide bonds. The normalized spacial score (nSPS) is 17.1. The van der Waals surface area contributed by atoms with E-state index in [2.05, 4.69) is 22.5 Å². The van der Waals surface area contributed by atoms with Crippen LogP contribution in [0.4, 0.5) is 5.69 Å². The molecule has 1 heterocycles. The quantitative estimate of drug-likeness (QED) is 0.688. The minimum absolute atomic E-state index is 0.102. The van der Waals surface area contributed by atoms with Crippen molar-refractivity contribution in [1.82, 2.24) is 5.32 Å². The standard InChI is InChI=1S/C15H16N2O3/c1-10-4-5-12(11(9-10)3-2-8-18)17-15(20)13-6-7-14(19)16-13/h4-5,9,13,18H,6-8H2,1H3,(H,16,19)(H,17,20). The molecule has 0 aromatic heterocycles. The molecule has 3 N–H and O–H groups in total. The predicted molar refractivity (Wildman–Crippen MR) is 74.9 cm³/mol. The molecule has 20 heavy (non-hydrogen) atoms. The van der Waals surface area contributed by atoms with Crippen LogP contribution in [0.15, 0.2) is 18.2 Å². The zero-order valence-corrected chi connectivity index (χ0v) is 11.2. The van der Waals surface area contributed by atoms with Crippen LogP contribution in [-0.2, 0) is 9.59 Å². The molecule has 1 saturated heterocycles. The van der Waals surface area contributed by atoms with Gasteiger partial charge in [-0.1, -0.05) is 17.9 Å². The lowest BCUT2D eigenvalue weighted by Gasteiger charge is -2.12. The zero-order valence-electron chi connectivity index (χ0n) is 11.2. The smallest absolute Gasteiger partial charge is 0.246 e. The highest BCUT2D eigenvalue weighted by Gasteiger charge is 2.27. The fraction of sp³-hybridized carbons (Fsp3) is 0.333. The van der Waals surface area contributed by atoms with Crippen LogP contribution in [0, 0.1) is 18.8 Å². The molecule has 5 nitrogen and oxygen atoms in total. The number of hydrogen-bond acceptors (Lipinski definition) is 3. The van der Waals surface area contributed by atoms with Gasteiger partial charge in [-0.05, 0) is 31.0 Å². The van der Waals surface area contributed by atoms with E-state index in [1.807, 2.05) is 19.1 Å². The van der Waals surface area contributed by atoms with E-state index in [4.69, 9.17) is 5.11 Å². The third-order valence-electron chi connectivity index (χ3n) is 3.05.